The van der Waals surface area contributed by atoms with E-state index in [2.05, 4.69) is 36.0 Å². The minimum absolute atomic E-state index is 0.0132. The van der Waals surface area contributed by atoms with Gasteiger partial charge in [0.05, 0.1) is 23.4 Å². The van der Waals surface area contributed by atoms with Crippen molar-refractivity contribution in [1.82, 2.24) is 9.97 Å². The van der Waals surface area contributed by atoms with Gasteiger partial charge in [-0.2, -0.15) is 0 Å². The van der Waals surface area contributed by atoms with Gasteiger partial charge >= 0.3 is 5.97 Å². The Bertz CT molecular complexity index is 813. The zero-order valence-electron chi connectivity index (χ0n) is 16.0. The summed E-state index contributed by atoms with van der Waals surface area (Å²) in [7, 11) is 0. The van der Waals surface area contributed by atoms with Gasteiger partial charge in [-0.1, -0.05) is 26.3 Å². The fourth-order valence-electron chi connectivity index (χ4n) is 5.06. The minimum atomic E-state index is -0.0148. The Balaban J connectivity index is 1.57. The van der Waals surface area contributed by atoms with E-state index in [1.165, 1.54) is 0 Å². The number of cyclic esters (lactones) is 1. The number of hydrogen-bond donors (Lipinski definition) is 0. The Morgan fingerprint density at radius 1 is 1.26 bits per heavy atom. The molecule has 27 heavy (non-hydrogen) atoms. The highest BCUT2D eigenvalue weighted by atomic mass is 16.6. The molecule has 6 atom stereocenters. The molecule has 0 radical (unpaired) electrons. The number of carbonyl (C=O) groups is 1. The Morgan fingerprint density at radius 2 is 2.11 bits per heavy atom. The first kappa shape index (κ1) is 18.0. The zero-order valence-corrected chi connectivity index (χ0v) is 16.0. The summed E-state index contributed by atoms with van der Waals surface area (Å²) in [5.41, 5.74) is 1.76. The smallest absolute Gasteiger partial charge is 0.309 e. The van der Waals surface area contributed by atoms with Crippen LogP contribution in [0, 0.1) is 29.6 Å². The molecule has 1 saturated heterocycles. The van der Waals surface area contributed by atoms with Gasteiger partial charge in [-0.05, 0) is 49.3 Å². The van der Waals surface area contributed by atoms with Gasteiger partial charge in [-0.25, -0.2) is 4.98 Å². The highest BCUT2D eigenvalue weighted by Crippen LogP contribution is 2.50. The molecule has 0 amide bonds. The molecule has 5 nitrogen and oxygen atoms in total. The zero-order chi connectivity index (χ0) is 19.0. The molecule has 5 unspecified atom stereocenters. The van der Waals surface area contributed by atoms with Crippen LogP contribution < -0.4 is 0 Å². The molecular weight excluding hydrogens is 340 g/mol. The van der Waals surface area contributed by atoms with Crippen LogP contribution in [-0.4, -0.2) is 22.0 Å². The van der Waals surface area contributed by atoms with Gasteiger partial charge in [0.1, 0.15) is 12.4 Å². The summed E-state index contributed by atoms with van der Waals surface area (Å²) in [5.74, 6) is 2.27. The van der Waals surface area contributed by atoms with E-state index < -0.39 is 0 Å². The van der Waals surface area contributed by atoms with Crippen LogP contribution in [0.2, 0.25) is 0 Å². The summed E-state index contributed by atoms with van der Waals surface area (Å²) in [6.45, 7) is 6.55. The molecule has 142 valence electrons. The largest absolute Gasteiger partial charge is 0.462 e. The number of oxazole rings is 1. The van der Waals surface area contributed by atoms with Crippen LogP contribution in [0.3, 0.4) is 0 Å². The maximum absolute atomic E-state index is 12.3. The summed E-state index contributed by atoms with van der Waals surface area (Å²) in [5, 5.41) is 0. The van der Waals surface area contributed by atoms with Gasteiger partial charge in [-0.15, -0.1) is 0 Å². The van der Waals surface area contributed by atoms with E-state index >= 15 is 0 Å². The number of rotatable bonds is 4. The summed E-state index contributed by atoms with van der Waals surface area (Å²) in [6.07, 6.45) is 11.3. The lowest BCUT2D eigenvalue weighted by atomic mass is 9.61. The lowest BCUT2D eigenvalue weighted by Crippen LogP contribution is -2.40. The van der Waals surface area contributed by atoms with E-state index in [9.17, 15) is 4.79 Å². The molecule has 0 spiro atoms. The van der Waals surface area contributed by atoms with Crippen molar-refractivity contribution in [2.24, 2.45) is 29.6 Å². The number of aromatic nitrogens is 2. The number of esters is 1. The maximum atomic E-state index is 12.3. The number of nitrogens with zero attached hydrogens (tertiary/aromatic N) is 2. The van der Waals surface area contributed by atoms with E-state index in [0.29, 0.717) is 23.6 Å². The molecule has 1 aliphatic heterocycles. The molecule has 2 fully saturated rings. The number of fused-ring (bicyclic) bond motifs is 1. The normalized spacial score (nSPS) is 33.2. The average Bonchev–Trinajstić information content (AvgIpc) is 3.29. The second-order valence-corrected chi connectivity index (χ2v) is 7.86. The van der Waals surface area contributed by atoms with Crippen molar-refractivity contribution >= 4 is 12.0 Å². The molecule has 3 heterocycles. The van der Waals surface area contributed by atoms with Crippen LogP contribution >= 0.6 is 0 Å². The third-order valence-corrected chi connectivity index (χ3v) is 6.33. The third kappa shape index (κ3) is 3.31. The second kappa shape index (κ2) is 7.29. The molecule has 0 N–H and O–H groups in total. The molecule has 1 saturated carbocycles. The van der Waals surface area contributed by atoms with Crippen molar-refractivity contribution in [3.8, 4) is 11.5 Å². The van der Waals surface area contributed by atoms with Gasteiger partial charge in [0.2, 0.25) is 5.89 Å². The minimum Gasteiger partial charge on any atom is -0.462 e. The third-order valence-electron chi connectivity index (χ3n) is 6.33. The highest BCUT2D eigenvalue weighted by Gasteiger charge is 2.52. The SMILES string of the molecule is CCC1C(C)CC2C(=O)O[C@H](C)C2C1/C=C/c1ccc(-c2ncco2)cn1. The van der Waals surface area contributed by atoms with Gasteiger partial charge < -0.3 is 9.15 Å². The van der Waals surface area contributed by atoms with Crippen molar-refractivity contribution in [3.05, 3.63) is 42.6 Å². The molecular formula is C22H26N2O3. The number of hydrogen-bond acceptors (Lipinski definition) is 5. The van der Waals surface area contributed by atoms with E-state index in [1.54, 1.807) is 18.7 Å². The number of carbonyl (C=O) groups excluding carboxylic acids is 1. The summed E-state index contributed by atoms with van der Waals surface area (Å²) in [6, 6.07) is 3.94. The number of pyridine rings is 1. The highest BCUT2D eigenvalue weighted by molar-refractivity contribution is 5.75. The predicted octanol–water partition coefficient (Wildman–Crippen LogP) is 4.61. The topological polar surface area (TPSA) is 65.2 Å². The van der Waals surface area contributed by atoms with Crippen LogP contribution in [-0.2, 0) is 9.53 Å². The summed E-state index contributed by atoms with van der Waals surface area (Å²) in [4.78, 5) is 20.9. The van der Waals surface area contributed by atoms with Crippen molar-refractivity contribution in [1.29, 1.82) is 0 Å². The standard InChI is InChI=1S/C22H26N2O3/c1-4-17-13(2)11-19-20(14(3)27-22(19)25)18(17)8-7-16-6-5-15(12-24-16)21-23-9-10-26-21/h5-10,12-14,17-20H,4,11H2,1-3H3/b8-7+/t13?,14-,17?,18?,19?,20?/m1/s1. The Morgan fingerprint density at radius 3 is 2.78 bits per heavy atom. The van der Waals surface area contributed by atoms with Crippen molar-refractivity contribution in [2.75, 3.05) is 0 Å². The predicted molar refractivity (Wildman–Crippen MR) is 102 cm³/mol. The fraction of sp³-hybridized carbons (Fsp3) is 0.500. The molecule has 1 aliphatic carbocycles. The first-order chi connectivity index (χ1) is 13.1. The van der Waals surface area contributed by atoms with E-state index in [-0.39, 0.29) is 23.9 Å². The Hall–Kier alpha value is -2.43. The molecule has 4 rings (SSSR count). The Labute approximate surface area is 159 Å². The van der Waals surface area contributed by atoms with E-state index in [4.69, 9.17) is 9.15 Å². The number of allylic oxidation sites excluding steroid dienone is 1. The molecule has 0 aromatic carbocycles. The van der Waals surface area contributed by atoms with Crippen molar-refractivity contribution in [2.45, 2.75) is 39.7 Å². The van der Waals surface area contributed by atoms with Gasteiger partial charge in [0, 0.05) is 12.1 Å². The second-order valence-electron chi connectivity index (χ2n) is 7.86. The molecule has 2 aromatic rings. The van der Waals surface area contributed by atoms with Crippen LogP contribution in [0.4, 0.5) is 0 Å². The lowest BCUT2D eigenvalue weighted by molar-refractivity contribution is -0.144. The van der Waals surface area contributed by atoms with Crippen LogP contribution in [0.1, 0.15) is 39.3 Å². The monoisotopic (exact) mass is 366 g/mol. The molecule has 5 heteroatoms. The van der Waals surface area contributed by atoms with E-state index in [1.807, 2.05) is 19.1 Å². The first-order valence-electron chi connectivity index (χ1n) is 9.83. The molecule has 0 bridgehead atoms. The fourth-order valence-corrected chi connectivity index (χ4v) is 5.06. The summed E-state index contributed by atoms with van der Waals surface area (Å²) < 4.78 is 10.9. The van der Waals surface area contributed by atoms with Crippen LogP contribution in [0.5, 0.6) is 0 Å². The first-order valence-corrected chi connectivity index (χ1v) is 9.83. The van der Waals surface area contributed by atoms with Gasteiger partial charge in [0.15, 0.2) is 0 Å². The van der Waals surface area contributed by atoms with Crippen LogP contribution in [0.25, 0.3) is 17.5 Å². The van der Waals surface area contributed by atoms with Gasteiger partial charge in [-0.3, -0.25) is 9.78 Å². The molecule has 2 aliphatic rings. The summed E-state index contributed by atoms with van der Waals surface area (Å²) >= 11 is 0. The Kier molecular flexibility index (Phi) is 4.85. The van der Waals surface area contributed by atoms with E-state index in [0.717, 1.165) is 24.1 Å². The van der Waals surface area contributed by atoms with Crippen LogP contribution in [0.15, 0.2) is 41.3 Å². The average molecular weight is 366 g/mol. The lowest BCUT2D eigenvalue weighted by Gasteiger charge is -2.41. The van der Waals surface area contributed by atoms with Gasteiger partial charge in [0.25, 0.3) is 0 Å². The quantitative estimate of drug-likeness (QED) is 0.739. The van der Waals surface area contributed by atoms with Crippen molar-refractivity contribution in [3.63, 3.8) is 0 Å². The molecule has 2 aromatic heterocycles. The van der Waals surface area contributed by atoms with Crippen molar-refractivity contribution < 1.29 is 13.9 Å². The number of ether oxygens (including phenoxy) is 1. The maximum Gasteiger partial charge on any atom is 0.309 e.